The summed E-state index contributed by atoms with van der Waals surface area (Å²) in [6.07, 6.45) is 1.44. The molecule has 0 spiro atoms. The van der Waals surface area contributed by atoms with E-state index in [0.29, 0.717) is 12.5 Å². The van der Waals surface area contributed by atoms with Crippen molar-refractivity contribution in [2.75, 3.05) is 19.7 Å². The molecule has 1 heterocycles. The average Bonchev–Trinajstić information content (AvgIpc) is 2.53. The average molecular weight is 319 g/mol. The second kappa shape index (κ2) is 7.82. The fraction of sp³-hybridized carbons (Fsp3) is 0.632. The molecule has 4 heteroatoms. The van der Waals surface area contributed by atoms with Crippen LogP contribution in [0.3, 0.4) is 0 Å². The molecule has 0 aliphatic carbocycles. The van der Waals surface area contributed by atoms with Crippen molar-refractivity contribution in [1.82, 2.24) is 4.90 Å². The van der Waals surface area contributed by atoms with Crippen molar-refractivity contribution in [3.63, 3.8) is 0 Å². The molecular formula is C19H29NO3. The highest BCUT2D eigenvalue weighted by Crippen LogP contribution is 2.24. The Morgan fingerprint density at radius 3 is 2.74 bits per heavy atom. The number of hydrogen-bond donors (Lipinski definition) is 1. The molecule has 0 radical (unpaired) electrons. The van der Waals surface area contributed by atoms with Crippen LogP contribution < -0.4 is 4.74 Å². The maximum Gasteiger partial charge on any atom is 0.263 e. The number of likely N-dealkylation sites (tertiary alicyclic amines) is 1. The minimum atomic E-state index is -0.503. The lowest BCUT2D eigenvalue weighted by Crippen LogP contribution is -2.46. The van der Waals surface area contributed by atoms with Crippen molar-refractivity contribution < 1.29 is 14.6 Å². The summed E-state index contributed by atoms with van der Waals surface area (Å²) in [5.41, 5.74) is 2.49. The number of rotatable bonds is 5. The standard InChI is InChI=1S/C19H29NO3/c1-13(2)18-8-7-17(10-14(18)3)23-15(4)19(22)20-9-5-6-16(11-20)12-21/h7-8,10,13,15-16,21H,5-6,9,11-12H2,1-4H3. The van der Waals surface area contributed by atoms with Gasteiger partial charge in [-0.15, -0.1) is 0 Å². The number of aliphatic hydroxyl groups excluding tert-OH is 1. The van der Waals surface area contributed by atoms with Crippen molar-refractivity contribution in [2.24, 2.45) is 5.92 Å². The lowest BCUT2D eigenvalue weighted by Gasteiger charge is -2.33. The predicted octanol–water partition coefficient (Wildman–Crippen LogP) is 3.12. The number of piperidine rings is 1. The fourth-order valence-corrected chi connectivity index (χ4v) is 3.30. The zero-order valence-electron chi connectivity index (χ0n) is 14.7. The first-order valence-corrected chi connectivity index (χ1v) is 8.59. The van der Waals surface area contributed by atoms with Gasteiger partial charge in [-0.3, -0.25) is 4.79 Å². The number of aryl methyl sites for hydroxylation is 1. The third-order valence-corrected chi connectivity index (χ3v) is 4.61. The Morgan fingerprint density at radius 2 is 2.13 bits per heavy atom. The van der Waals surface area contributed by atoms with Crippen molar-refractivity contribution in [1.29, 1.82) is 0 Å². The molecule has 0 saturated carbocycles. The third-order valence-electron chi connectivity index (χ3n) is 4.61. The molecular weight excluding hydrogens is 290 g/mol. The lowest BCUT2D eigenvalue weighted by atomic mass is 9.98. The molecule has 2 unspecified atom stereocenters. The van der Waals surface area contributed by atoms with Gasteiger partial charge in [-0.1, -0.05) is 19.9 Å². The van der Waals surface area contributed by atoms with Crippen LogP contribution >= 0.6 is 0 Å². The summed E-state index contributed by atoms with van der Waals surface area (Å²) in [6, 6.07) is 6.03. The summed E-state index contributed by atoms with van der Waals surface area (Å²) in [5.74, 6) is 1.43. The first-order valence-electron chi connectivity index (χ1n) is 8.59. The van der Waals surface area contributed by atoms with Gasteiger partial charge >= 0.3 is 0 Å². The zero-order valence-corrected chi connectivity index (χ0v) is 14.7. The Kier molecular flexibility index (Phi) is 6.05. The molecule has 0 bridgehead atoms. The van der Waals surface area contributed by atoms with Crippen molar-refractivity contribution in [2.45, 2.75) is 52.6 Å². The molecule has 1 N–H and O–H groups in total. The second-order valence-corrected chi connectivity index (χ2v) is 6.91. The first kappa shape index (κ1) is 17.8. The van der Waals surface area contributed by atoms with Gasteiger partial charge in [-0.25, -0.2) is 0 Å². The van der Waals surface area contributed by atoms with Crippen LogP contribution in [0.2, 0.25) is 0 Å². The molecule has 128 valence electrons. The zero-order chi connectivity index (χ0) is 17.0. The van der Waals surface area contributed by atoms with Gasteiger partial charge in [0.05, 0.1) is 0 Å². The highest BCUT2D eigenvalue weighted by Gasteiger charge is 2.27. The summed E-state index contributed by atoms with van der Waals surface area (Å²) in [7, 11) is 0. The molecule has 1 aromatic carbocycles. The Balaban J connectivity index is 1.99. The van der Waals surface area contributed by atoms with Gasteiger partial charge in [-0.2, -0.15) is 0 Å². The Bertz CT molecular complexity index is 541. The number of aliphatic hydroxyl groups is 1. The highest BCUT2D eigenvalue weighted by atomic mass is 16.5. The fourth-order valence-electron chi connectivity index (χ4n) is 3.30. The van der Waals surface area contributed by atoms with E-state index in [9.17, 15) is 9.90 Å². The second-order valence-electron chi connectivity index (χ2n) is 6.91. The molecule has 4 nitrogen and oxygen atoms in total. The van der Waals surface area contributed by atoms with E-state index < -0.39 is 6.10 Å². The maximum absolute atomic E-state index is 12.5. The SMILES string of the molecule is Cc1cc(OC(C)C(=O)N2CCCC(CO)C2)ccc1C(C)C. The minimum Gasteiger partial charge on any atom is -0.481 e. The molecule has 23 heavy (non-hydrogen) atoms. The van der Waals surface area contributed by atoms with Crippen molar-refractivity contribution in [3.05, 3.63) is 29.3 Å². The first-order chi connectivity index (χ1) is 10.9. The number of carbonyl (C=O) groups excluding carboxylic acids is 1. The molecule has 1 aliphatic heterocycles. The third kappa shape index (κ3) is 4.47. The van der Waals surface area contributed by atoms with Crippen LogP contribution in [0, 0.1) is 12.8 Å². The molecule has 1 amide bonds. The van der Waals surface area contributed by atoms with Gasteiger partial charge in [0.2, 0.25) is 0 Å². The van der Waals surface area contributed by atoms with Crippen molar-refractivity contribution >= 4 is 5.91 Å². The molecule has 1 fully saturated rings. The molecule has 1 aromatic rings. The highest BCUT2D eigenvalue weighted by molar-refractivity contribution is 5.81. The Labute approximate surface area is 139 Å². The summed E-state index contributed by atoms with van der Waals surface area (Å²) in [6.45, 7) is 9.76. The Hall–Kier alpha value is -1.55. The number of carbonyl (C=O) groups is 1. The van der Waals surface area contributed by atoms with Crippen LogP contribution in [-0.2, 0) is 4.79 Å². The van der Waals surface area contributed by atoms with Gasteiger partial charge < -0.3 is 14.7 Å². The quantitative estimate of drug-likeness (QED) is 0.907. The van der Waals surface area contributed by atoms with E-state index in [2.05, 4.69) is 26.8 Å². The van der Waals surface area contributed by atoms with E-state index in [4.69, 9.17) is 4.74 Å². The smallest absolute Gasteiger partial charge is 0.263 e. The van der Waals surface area contributed by atoms with Gasteiger partial charge in [0.15, 0.2) is 6.10 Å². The number of benzene rings is 1. The van der Waals surface area contributed by atoms with E-state index in [1.165, 1.54) is 11.1 Å². The van der Waals surface area contributed by atoms with Crippen LogP contribution in [0.4, 0.5) is 0 Å². The van der Waals surface area contributed by atoms with Gasteiger partial charge in [-0.05, 0) is 61.8 Å². The van der Waals surface area contributed by atoms with Gasteiger partial charge in [0, 0.05) is 19.7 Å². The van der Waals surface area contributed by atoms with Crippen LogP contribution in [-0.4, -0.2) is 41.7 Å². The van der Waals surface area contributed by atoms with Gasteiger partial charge in [0.25, 0.3) is 5.91 Å². The molecule has 2 atom stereocenters. The normalized spacial score (nSPS) is 19.7. The van der Waals surface area contributed by atoms with Gasteiger partial charge in [0.1, 0.15) is 5.75 Å². The van der Waals surface area contributed by atoms with Crippen LogP contribution in [0.5, 0.6) is 5.75 Å². The molecule has 1 aliphatic rings. The number of amides is 1. The van der Waals surface area contributed by atoms with E-state index in [-0.39, 0.29) is 18.4 Å². The Morgan fingerprint density at radius 1 is 1.39 bits per heavy atom. The molecule has 2 rings (SSSR count). The van der Waals surface area contributed by atoms with E-state index >= 15 is 0 Å². The minimum absolute atomic E-state index is 0.00809. The predicted molar refractivity (Wildman–Crippen MR) is 91.7 cm³/mol. The van der Waals surface area contributed by atoms with Crippen LogP contribution in [0.15, 0.2) is 18.2 Å². The molecule has 0 aromatic heterocycles. The number of hydrogen-bond acceptors (Lipinski definition) is 3. The monoisotopic (exact) mass is 319 g/mol. The lowest BCUT2D eigenvalue weighted by molar-refractivity contribution is -0.140. The van der Waals surface area contributed by atoms with E-state index in [1.807, 2.05) is 17.0 Å². The summed E-state index contributed by atoms with van der Waals surface area (Å²) < 4.78 is 5.86. The number of nitrogens with zero attached hydrogens (tertiary/aromatic N) is 1. The summed E-state index contributed by atoms with van der Waals surface area (Å²) in [5, 5.41) is 9.30. The largest absolute Gasteiger partial charge is 0.481 e. The van der Waals surface area contributed by atoms with E-state index in [0.717, 1.165) is 25.1 Å². The summed E-state index contributed by atoms with van der Waals surface area (Å²) in [4.78, 5) is 14.4. The van der Waals surface area contributed by atoms with Crippen LogP contribution in [0.1, 0.15) is 50.7 Å². The van der Waals surface area contributed by atoms with E-state index in [1.54, 1.807) is 6.92 Å². The maximum atomic E-state index is 12.5. The van der Waals surface area contributed by atoms with Crippen LogP contribution in [0.25, 0.3) is 0 Å². The topological polar surface area (TPSA) is 49.8 Å². The van der Waals surface area contributed by atoms with Crippen molar-refractivity contribution in [3.8, 4) is 5.75 Å². The number of ether oxygens (including phenoxy) is 1. The molecule has 1 saturated heterocycles. The summed E-state index contributed by atoms with van der Waals surface area (Å²) >= 11 is 0.